The average molecular weight is 192 g/mol. The Morgan fingerprint density at radius 1 is 1.31 bits per heavy atom. The van der Waals surface area contributed by atoms with E-state index < -0.39 is 5.79 Å². The first-order valence-electron chi connectivity index (χ1n) is 4.38. The molecule has 0 bridgehead atoms. The number of methoxy groups -OCH3 is 2. The Bertz CT molecular complexity index is 113. The fourth-order valence-corrected chi connectivity index (χ4v) is 0.605. The fourth-order valence-electron chi connectivity index (χ4n) is 0.605. The van der Waals surface area contributed by atoms with Crippen molar-refractivity contribution in [3.63, 3.8) is 0 Å². The van der Waals surface area contributed by atoms with Gasteiger partial charge in [-0.15, -0.1) is 0 Å². The summed E-state index contributed by atoms with van der Waals surface area (Å²) < 4.78 is 14.5. The summed E-state index contributed by atoms with van der Waals surface area (Å²) in [6, 6.07) is 0. The quantitative estimate of drug-likeness (QED) is 0.657. The summed E-state index contributed by atoms with van der Waals surface area (Å²) >= 11 is 0. The summed E-state index contributed by atoms with van der Waals surface area (Å²) in [7, 11) is 3.23. The van der Waals surface area contributed by atoms with Crippen LogP contribution in [0.3, 0.4) is 0 Å². The van der Waals surface area contributed by atoms with Gasteiger partial charge >= 0.3 is 0 Å². The lowest BCUT2D eigenvalue weighted by atomic mass is 10.3. The fraction of sp³-hybridized carbons (Fsp3) is 1.00. The van der Waals surface area contributed by atoms with E-state index >= 15 is 0 Å². The van der Waals surface area contributed by atoms with Gasteiger partial charge in [0.2, 0.25) is 0 Å². The number of hydrogen-bond donors (Lipinski definition) is 1. The third-order valence-corrected chi connectivity index (χ3v) is 1.89. The highest BCUT2D eigenvalue weighted by molar-refractivity contribution is 4.58. The Morgan fingerprint density at radius 3 is 1.92 bits per heavy atom. The van der Waals surface area contributed by atoms with Crippen molar-refractivity contribution in [2.24, 2.45) is 0 Å². The SMILES string of the molecule is COC(C)(C)OC.OC1CCOC1. The van der Waals surface area contributed by atoms with Crippen molar-refractivity contribution < 1.29 is 19.3 Å². The van der Waals surface area contributed by atoms with Crippen LogP contribution in [0.5, 0.6) is 0 Å². The molecule has 1 saturated heterocycles. The van der Waals surface area contributed by atoms with Gasteiger partial charge in [-0.3, -0.25) is 0 Å². The Labute approximate surface area is 79.8 Å². The Hall–Kier alpha value is -0.160. The van der Waals surface area contributed by atoms with Crippen LogP contribution in [0.15, 0.2) is 0 Å². The summed E-state index contributed by atoms with van der Waals surface area (Å²) in [6.45, 7) is 4.99. The van der Waals surface area contributed by atoms with E-state index in [0.29, 0.717) is 6.61 Å². The molecule has 4 heteroatoms. The molecule has 0 amide bonds. The van der Waals surface area contributed by atoms with E-state index in [0.717, 1.165) is 13.0 Å². The molecule has 1 fully saturated rings. The molecule has 0 spiro atoms. The molecule has 1 heterocycles. The number of ether oxygens (including phenoxy) is 3. The van der Waals surface area contributed by atoms with Crippen LogP contribution in [0.1, 0.15) is 20.3 Å². The molecular weight excluding hydrogens is 172 g/mol. The molecule has 0 aliphatic carbocycles. The minimum Gasteiger partial charge on any atom is -0.391 e. The molecule has 1 aliphatic rings. The van der Waals surface area contributed by atoms with Crippen LogP contribution in [-0.4, -0.2) is 44.4 Å². The van der Waals surface area contributed by atoms with E-state index in [1.54, 1.807) is 14.2 Å². The summed E-state index contributed by atoms with van der Waals surface area (Å²) in [6.07, 6.45) is 0.644. The van der Waals surface area contributed by atoms with E-state index in [1.165, 1.54) is 0 Å². The van der Waals surface area contributed by atoms with Crippen LogP contribution in [0.25, 0.3) is 0 Å². The van der Waals surface area contributed by atoms with Crippen LogP contribution in [0.2, 0.25) is 0 Å². The van der Waals surface area contributed by atoms with Crippen LogP contribution < -0.4 is 0 Å². The van der Waals surface area contributed by atoms with Gasteiger partial charge in [-0.25, -0.2) is 0 Å². The maximum Gasteiger partial charge on any atom is 0.161 e. The van der Waals surface area contributed by atoms with Gasteiger partial charge in [0, 0.05) is 20.8 Å². The number of rotatable bonds is 2. The molecule has 0 aromatic carbocycles. The van der Waals surface area contributed by atoms with Gasteiger partial charge < -0.3 is 19.3 Å². The van der Waals surface area contributed by atoms with E-state index in [-0.39, 0.29) is 6.10 Å². The van der Waals surface area contributed by atoms with Crippen LogP contribution in [0.4, 0.5) is 0 Å². The maximum atomic E-state index is 8.60. The predicted octanol–water partition coefficient (Wildman–Crippen LogP) is 0.783. The van der Waals surface area contributed by atoms with Crippen molar-refractivity contribution in [3.8, 4) is 0 Å². The van der Waals surface area contributed by atoms with Gasteiger partial charge in [0.15, 0.2) is 5.79 Å². The molecule has 0 radical (unpaired) electrons. The molecule has 0 saturated carbocycles. The summed E-state index contributed by atoms with van der Waals surface area (Å²) in [5.74, 6) is -0.417. The predicted molar refractivity (Wildman–Crippen MR) is 49.5 cm³/mol. The van der Waals surface area contributed by atoms with E-state index in [4.69, 9.17) is 19.3 Å². The first kappa shape index (κ1) is 12.8. The van der Waals surface area contributed by atoms with Crippen molar-refractivity contribution >= 4 is 0 Å². The Balaban J connectivity index is 0.000000223. The molecule has 1 N–H and O–H groups in total. The molecule has 13 heavy (non-hydrogen) atoms. The molecular formula is C9H20O4. The van der Waals surface area contributed by atoms with Crippen molar-refractivity contribution in [1.82, 2.24) is 0 Å². The first-order chi connectivity index (χ1) is 6.02. The Kier molecular flexibility index (Phi) is 6.24. The largest absolute Gasteiger partial charge is 0.391 e. The third kappa shape index (κ3) is 6.95. The molecule has 1 unspecified atom stereocenters. The lowest BCUT2D eigenvalue weighted by Crippen LogP contribution is -2.24. The van der Waals surface area contributed by atoms with Crippen molar-refractivity contribution in [2.75, 3.05) is 27.4 Å². The minimum absolute atomic E-state index is 0.176. The minimum atomic E-state index is -0.417. The van der Waals surface area contributed by atoms with Gasteiger partial charge in [-0.05, 0) is 20.3 Å². The topological polar surface area (TPSA) is 47.9 Å². The molecule has 1 rings (SSSR count). The molecule has 1 aliphatic heterocycles. The van der Waals surface area contributed by atoms with Crippen molar-refractivity contribution in [2.45, 2.75) is 32.2 Å². The van der Waals surface area contributed by atoms with Gasteiger partial charge in [-0.2, -0.15) is 0 Å². The zero-order chi connectivity index (χ0) is 10.3. The second-order valence-electron chi connectivity index (χ2n) is 3.33. The second kappa shape index (κ2) is 6.32. The van der Waals surface area contributed by atoms with E-state index in [1.807, 2.05) is 13.8 Å². The van der Waals surface area contributed by atoms with Crippen molar-refractivity contribution in [3.05, 3.63) is 0 Å². The summed E-state index contributed by atoms with van der Waals surface area (Å²) in [5, 5.41) is 8.60. The lowest BCUT2D eigenvalue weighted by molar-refractivity contribution is -0.178. The summed E-state index contributed by atoms with van der Waals surface area (Å²) in [5.41, 5.74) is 0. The molecule has 0 aromatic rings. The first-order valence-corrected chi connectivity index (χ1v) is 4.38. The highest BCUT2D eigenvalue weighted by Gasteiger charge is 2.12. The smallest absolute Gasteiger partial charge is 0.161 e. The molecule has 4 nitrogen and oxygen atoms in total. The highest BCUT2D eigenvalue weighted by atomic mass is 16.7. The van der Waals surface area contributed by atoms with Gasteiger partial charge in [0.1, 0.15) is 0 Å². The van der Waals surface area contributed by atoms with Gasteiger partial charge in [0.25, 0.3) is 0 Å². The third-order valence-electron chi connectivity index (χ3n) is 1.89. The van der Waals surface area contributed by atoms with Crippen LogP contribution in [-0.2, 0) is 14.2 Å². The van der Waals surface area contributed by atoms with Crippen LogP contribution in [0, 0.1) is 0 Å². The van der Waals surface area contributed by atoms with Crippen molar-refractivity contribution in [1.29, 1.82) is 0 Å². The van der Waals surface area contributed by atoms with E-state index in [2.05, 4.69) is 0 Å². The Morgan fingerprint density at radius 2 is 1.85 bits per heavy atom. The normalized spacial score (nSPS) is 22.4. The maximum absolute atomic E-state index is 8.60. The zero-order valence-corrected chi connectivity index (χ0v) is 8.87. The average Bonchev–Trinajstić information content (AvgIpc) is 2.57. The lowest BCUT2D eigenvalue weighted by Gasteiger charge is -2.19. The number of hydrogen-bond acceptors (Lipinski definition) is 4. The number of aliphatic hydroxyl groups excluding tert-OH is 1. The van der Waals surface area contributed by atoms with Crippen LogP contribution >= 0.6 is 0 Å². The highest BCUT2D eigenvalue weighted by Crippen LogP contribution is 2.05. The zero-order valence-electron chi connectivity index (χ0n) is 8.87. The molecule has 0 aromatic heterocycles. The summed E-state index contributed by atoms with van der Waals surface area (Å²) in [4.78, 5) is 0. The van der Waals surface area contributed by atoms with E-state index in [9.17, 15) is 0 Å². The second-order valence-corrected chi connectivity index (χ2v) is 3.33. The monoisotopic (exact) mass is 192 g/mol. The van der Waals surface area contributed by atoms with Gasteiger partial charge in [-0.1, -0.05) is 0 Å². The van der Waals surface area contributed by atoms with Gasteiger partial charge in [0.05, 0.1) is 12.7 Å². The number of aliphatic hydroxyl groups is 1. The molecule has 1 atom stereocenters. The standard InChI is InChI=1S/C5H12O2.C4H8O2/c1-5(2,6-3)7-4;5-4-1-2-6-3-4/h1-4H3;4-5H,1-3H2. The molecule has 80 valence electrons.